The molecule has 0 unspecified atom stereocenters. The van der Waals surface area contributed by atoms with Crippen molar-refractivity contribution in [3.05, 3.63) is 71.4 Å². The Morgan fingerprint density at radius 3 is 2.57 bits per heavy atom. The van der Waals surface area contributed by atoms with E-state index in [9.17, 15) is 14.7 Å². The van der Waals surface area contributed by atoms with E-state index in [2.05, 4.69) is 5.32 Å². The van der Waals surface area contributed by atoms with Crippen molar-refractivity contribution in [3.8, 4) is 0 Å². The van der Waals surface area contributed by atoms with Gasteiger partial charge in [-0.15, -0.1) is 0 Å². The summed E-state index contributed by atoms with van der Waals surface area (Å²) >= 11 is 0. The second kappa shape index (κ2) is 8.17. The molecule has 2 N–H and O–H groups in total. The maximum absolute atomic E-state index is 12.2. The number of hydrogen-bond acceptors (Lipinski definition) is 3. The molecular weight excluding hydrogens is 356 g/mol. The molecule has 1 amide bonds. The van der Waals surface area contributed by atoms with E-state index >= 15 is 0 Å². The lowest BCUT2D eigenvalue weighted by Gasteiger charge is -2.21. The van der Waals surface area contributed by atoms with Crippen LogP contribution in [0.5, 0.6) is 0 Å². The highest BCUT2D eigenvalue weighted by Gasteiger charge is 2.30. The average Bonchev–Trinajstić information content (AvgIpc) is 3.00. The summed E-state index contributed by atoms with van der Waals surface area (Å²) in [4.78, 5) is 24.0. The first-order chi connectivity index (χ1) is 13.4. The minimum absolute atomic E-state index is 0.0842. The minimum Gasteiger partial charge on any atom is -0.480 e. The molecule has 0 aliphatic carbocycles. The van der Waals surface area contributed by atoms with Crippen LogP contribution in [0.4, 0.5) is 4.79 Å². The molecule has 6 heteroatoms. The Balaban J connectivity index is 1.77. The van der Waals surface area contributed by atoms with Gasteiger partial charge >= 0.3 is 12.1 Å². The van der Waals surface area contributed by atoms with E-state index in [4.69, 9.17) is 4.74 Å². The Labute approximate surface area is 163 Å². The highest BCUT2D eigenvalue weighted by Crippen LogP contribution is 2.30. The van der Waals surface area contributed by atoms with Gasteiger partial charge in [0.1, 0.15) is 12.6 Å². The van der Waals surface area contributed by atoms with Crippen LogP contribution in [0.1, 0.15) is 29.5 Å². The largest absolute Gasteiger partial charge is 0.480 e. The molecule has 2 aromatic carbocycles. The number of alkyl carbamates (subject to hydrolysis) is 1. The molecule has 0 bridgehead atoms. The zero-order valence-electron chi connectivity index (χ0n) is 16.2. The van der Waals surface area contributed by atoms with Crippen molar-refractivity contribution in [1.29, 1.82) is 0 Å². The van der Waals surface area contributed by atoms with Crippen LogP contribution in [0.2, 0.25) is 0 Å². The Kier molecular flexibility index (Phi) is 5.68. The van der Waals surface area contributed by atoms with Crippen molar-refractivity contribution in [2.45, 2.75) is 32.4 Å². The number of nitrogens with zero attached hydrogens (tertiary/aromatic N) is 1. The molecule has 6 nitrogen and oxygen atoms in total. The van der Waals surface area contributed by atoms with E-state index in [0.29, 0.717) is 0 Å². The van der Waals surface area contributed by atoms with E-state index in [1.54, 1.807) is 6.92 Å². The number of amides is 1. The molecule has 146 valence electrons. The van der Waals surface area contributed by atoms with Crippen molar-refractivity contribution in [2.75, 3.05) is 0 Å². The lowest BCUT2D eigenvalue weighted by molar-refractivity contribution is -0.139. The number of carboxylic acids is 1. The topological polar surface area (TPSA) is 80.6 Å². The molecule has 0 spiro atoms. The quantitative estimate of drug-likeness (QED) is 0.678. The number of aliphatic carboxylic acids is 1. The lowest BCUT2D eigenvalue weighted by atomic mass is 9.92. The van der Waals surface area contributed by atoms with Crippen LogP contribution >= 0.6 is 0 Å². The molecule has 1 aromatic heterocycles. The number of rotatable bonds is 6. The second-order valence-electron chi connectivity index (χ2n) is 7.03. The third-order valence-corrected chi connectivity index (χ3v) is 4.92. The number of carbonyl (C=O) groups is 2. The first kappa shape index (κ1) is 19.5. The number of nitrogens with one attached hydrogen (secondary N) is 1. The van der Waals surface area contributed by atoms with Gasteiger partial charge in [0.25, 0.3) is 0 Å². The second-order valence-corrected chi connectivity index (χ2v) is 7.03. The van der Waals surface area contributed by atoms with Crippen LogP contribution in [-0.4, -0.2) is 27.8 Å². The van der Waals surface area contributed by atoms with Crippen molar-refractivity contribution >= 4 is 23.0 Å². The fourth-order valence-corrected chi connectivity index (χ4v) is 3.37. The van der Waals surface area contributed by atoms with Crippen molar-refractivity contribution in [1.82, 2.24) is 9.88 Å². The summed E-state index contributed by atoms with van der Waals surface area (Å²) in [6.45, 7) is 3.88. The standard InChI is InChI=1S/C22H24N2O4/c1-14-9-10-19-17(11-14)18(12-24(19)3)15(2)20(21(25)26)23-22(27)28-13-16-7-5-4-6-8-16/h4-12,15,20H,13H2,1-3H3,(H,23,27)(H,25,26)/t15-,20-/m1/s1. The summed E-state index contributed by atoms with van der Waals surface area (Å²) in [5, 5.41) is 13.2. The Morgan fingerprint density at radius 1 is 1.18 bits per heavy atom. The predicted molar refractivity (Wildman–Crippen MR) is 107 cm³/mol. The van der Waals surface area contributed by atoms with Crippen LogP contribution in [0.15, 0.2) is 54.7 Å². The molecule has 0 aliphatic heterocycles. The van der Waals surface area contributed by atoms with E-state index in [1.165, 1.54) is 0 Å². The van der Waals surface area contributed by atoms with Gasteiger partial charge in [0.15, 0.2) is 0 Å². The Morgan fingerprint density at radius 2 is 1.89 bits per heavy atom. The molecule has 3 aromatic rings. The molecule has 28 heavy (non-hydrogen) atoms. The SMILES string of the molecule is Cc1ccc2c(c1)c([C@@H](C)[C@@H](NC(=O)OCc1ccccc1)C(=O)O)cn2C. The molecule has 3 rings (SSSR count). The van der Waals surface area contributed by atoms with Crippen molar-refractivity contribution in [2.24, 2.45) is 7.05 Å². The number of carbonyl (C=O) groups excluding carboxylic acids is 1. The number of ether oxygens (including phenoxy) is 1. The molecule has 0 aliphatic rings. The van der Waals surface area contributed by atoms with Gasteiger partial charge < -0.3 is 19.7 Å². The summed E-state index contributed by atoms with van der Waals surface area (Å²) in [7, 11) is 1.92. The van der Waals surface area contributed by atoms with Gasteiger partial charge in [-0.1, -0.05) is 48.9 Å². The zero-order valence-corrected chi connectivity index (χ0v) is 16.2. The van der Waals surface area contributed by atoms with Gasteiger partial charge in [0.05, 0.1) is 0 Å². The first-order valence-electron chi connectivity index (χ1n) is 9.12. The predicted octanol–water partition coefficient (Wildman–Crippen LogP) is 3.97. The Hall–Kier alpha value is -3.28. The normalized spacial score (nSPS) is 13.1. The van der Waals surface area contributed by atoms with Gasteiger partial charge in [-0.25, -0.2) is 9.59 Å². The summed E-state index contributed by atoms with van der Waals surface area (Å²) < 4.78 is 7.15. The van der Waals surface area contributed by atoms with Gasteiger partial charge in [0, 0.05) is 30.1 Å². The number of aryl methyl sites for hydroxylation is 2. The highest BCUT2D eigenvalue weighted by molar-refractivity contribution is 5.87. The number of aromatic nitrogens is 1. The number of fused-ring (bicyclic) bond motifs is 1. The molecule has 1 heterocycles. The van der Waals surface area contributed by atoms with E-state index in [1.807, 2.05) is 73.3 Å². The fraction of sp³-hybridized carbons (Fsp3) is 0.273. The maximum atomic E-state index is 12.2. The van der Waals surface area contributed by atoms with Gasteiger partial charge in [-0.05, 0) is 30.2 Å². The monoisotopic (exact) mass is 380 g/mol. The summed E-state index contributed by atoms with van der Waals surface area (Å²) in [5.41, 5.74) is 3.82. The highest BCUT2D eigenvalue weighted by atomic mass is 16.5. The molecule has 2 atom stereocenters. The van der Waals surface area contributed by atoms with E-state index in [0.717, 1.165) is 27.6 Å². The number of benzene rings is 2. The average molecular weight is 380 g/mol. The first-order valence-corrected chi connectivity index (χ1v) is 9.12. The third-order valence-electron chi connectivity index (χ3n) is 4.92. The van der Waals surface area contributed by atoms with Crippen LogP contribution in [0.25, 0.3) is 10.9 Å². The molecular formula is C22H24N2O4. The molecule has 0 saturated heterocycles. The van der Waals surface area contributed by atoms with E-state index < -0.39 is 24.0 Å². The van der Waals surface area contributed by atoms with Crippen LogP contribution in [0, 0.1) is 6.92 Å². The van der Waals surface area contributed by atoms with Gasteiger partial charge in [0.2, 0.25) is 0 Å². The summed E-state index contributed by atoms with van der Waals surface area (Å²) in [6.07, 6.45) is 1.17. The maximum Gasteiger partial charge on any atom is 0.408 e. The molecule has 0 radical (unpaired) electrons. The van der Waals surface area contributed by atoms with Crippen LogP contribution in [0.3, 0.4) is 0 Å². The van der Waals surface area contributed by atoms with Crippen LogP contribution < -0.4 is 5.32 Å². The third kappa shape index (κ3) is 4.17. The number of hydrogen-bond donors (Lipinski definition) is 2. The summed E-state index contributed by atoms with van der Waals surface area (Å²) in [5.74, 6) is -1.54. The lowest BCUT2D eigenvalue weighted by Crippen LogP contribution is -2.44. The summed E-state index contributed by atoms with van der Waals surface area (Å²) in [6, 6.07) is 14.2. The van der Waals surface area contributed by atoms with Gasteiger partial charge in [-0.3, -0.25) is 0 Å². The fourth-order valence-electron chi connectivity index (χ4n) is 3.37. The van der Waals surface area contributed by atoms with Crippen molar-refractivity contribution in [3.63, 3.8) is 0 Å². The van der Waals surface area contributed by atoms with Crippen molar-refractivity contribution < 1.29 is 19.4 Å². The number of carboxylic acid groups (broad SMARTS) is 1. The minimum atomic E-state index is -1.10. The molecule has 0 saturated carbocycles. The van der Waals surface area contributed by atoms with Crippen LogP contribution in [-0.2, 0) is 23.2 Å². The van der Waals surface area contributed by atoms with Gasteiger partial charge in [-0.2, -0.15) is 0 Å². The van der Waals surface area contributed by atoms with E-state index in [-0.39, 0.29) is 6.61 Å². The molecule has 0 fully saturated rings. The Bertz CT molecular complexity index is 994. The smallest absolute Gasteiger partial charge is 0.408 e. The zero-order chi connectivity index (χ0) is 20.3.